The molecule has 0 fully saturated rings. The molecule has 0 aromatic heterocycles. The molecule has 1 unspecified atom stereocenters. The fourth-order valence-corrected chi connectivity index (χ4v) is 7.20. The van der Waals surface area contributed by atoms with Gasteiger partial charge < -0.3 is 14.2 Å². The minimum atomic E-state index is -0.762. The minimum absolute atomic E-state index is 0.0659. The molecule has 0 aliphatic rings. The van der Waals surface area contributed by atoms with Crippen molar-refractivity contribution in [3.63, 3.8) is 0 Å². The summed E-state index contributed by atoms with van der Waals surface area (Å²) in [5.41, 5.74) is 0. The van der Waals surface area contributed by atoms with Crippen LogP contribution in [-0.4, -0.2) is 37.2 Å². The highest BCUT2D eigenvalue weighted by Crippen LogP contribution is 2.17. The molecule has 0 aromatic carbocycles. The van der Waals surface area contributed by atoms with Gasteiger partial charge in [0.2, 0.25) is 0 Å². The number of carbonyl (C=O) groups excluding carboxylic acids is 3. The maximum absolute atomic E-state index is 12.7. The molecule has 0 aliphatic carbocycles. The first-order valence-corrected chi connectivity index (χ1v) is 24.1. The Morgan fingerprint density at radius 2 is 0.636 bits per heavy atom. The summed E-state index contributed by atoms with van der Waals surface area (Å²) in [6.07, 6.45) is 38.0. The largest absolute Gasteiger partial charge is 0.462 e. The van der Waals surface area contributed by atoms with Gasteiger partial charge in [0, 0.05) is 19.3 Å². The van der Waals surface area contributed by atoms with Crippen LogP contribution in [-0.2, 0) is 28.6 Å². The Morgan fingerprint density at radius 3 is 0.945 bits per heavy atom. The van der Waals surface area contributed by atoms with Crippen molar-refractivity contribution in [1.29, 1.82) is 0 Å². The van der Waals surface area contributed by atoms with Crippen LogP contribution < -0.4 is 0 Å². The van der Waals surface area contributed by atoms with Crippen molar-refractivity contribution in [2.75, 3.05) is 13.2 Å². The molecule has 2 atom stereocenters. The van der Waals surface area contributed by atoms with Crippen molar-refractivity contribution in [3.8, 4) is 0 Å². The smallest absolute Gasteiger partial charge is 0.306 e. The molecule has 0 amide bonds. The summed E-state index contributed by atoms with van der Waals surface area (Å²) >= 11 is 0. The Balaban J connectivity index is 4.34. The van der Waals surface area contributed by atoms with Crippen molar-refractivity contribution in [3.05, 3.63) is 0 Å². The maximum Gasteiger partial charge on any atom is 0.306 e. The van der Waals surface area contributed by atoms with Crippen LogP contribution >= 0.6 is 0 Å². The van der Waals surface area contributed by atoms with E-state index in [1.165, 1.54) is 141 Å². The lowest BCUT2D eigenvalue weighted by atomic mass is 9.99. The SMILES string of the molecule is CCC(C)CCCCCCCCCCC(=O)O[C@H](COC(=O)CCCCCCCCCCCCCC(C)C)COC(=O)CCCCCCCCCCC(C)C. The molecule has 326 valence electrons. The third-order valence-corrected chi connectivity index (χ3v) is 11.3. The molecule has 0 spiro atoms. The number of hydrogen-bond donors (Lipinski definition) is 0. The van der Waals surface area contributed by atoms with Gasteiger partial charge in [0.15, 0.2) is 6.10 Å². The molecule has 0 N–H and O–H groups in total. The summed E-state index contributed by atoms with van der Waals surface area (Å²) in [5.74, 6) is 1.61. The second-order valence-electron chi connectivity index (χ2n) is 17.9. The van der Waals surface area contributed by atoms with Crippen molar-refractivity contribution < 1.29 is 28.6 Å². The molecule has 0 radical (unpaired) electrons. The lowest BCUT2D eigenvalue weighted by Gasteiger charge is -2.18. The first kappa shape index (κ1) is 53.4. The van der Waals surface area contributed by atoms with Crippen LogP contribution in [0.3, 0.4) is 0 Å². The Bertz CT molecular complexity index is 854. The van der Waals surface area contributed by atoms with Crippen LogP contribution in [0.1, 0.15) is 260 Å². The van der Waals surface area contributed by atoms with Gasteiger partial charge in [-0.3, -0.25) is 14.4 Å². The molecular formula is C49H94O6. The number of ether oxygens (including phenoxy) is 3. The van der Waals surface area contributed by atoms with Crippen LogP contribution in [0.5, 0.6) is 0 Å². The van der Waals surface area contributed by atoms with E-state index in [9.17, 15) is 14.4 Å². The lowest BCUT2D eigenvalue weighted by Crippen LogP contribution is -2.30. The highest BCUT2D eigenvalue weighted by molar-refractivity contribution is 5.71. The van der Waals surface area contributed by atoms with Crippen molar-refractivity contribution in [2.24, 2.45) is 17.8 Å². The van der Waals surface area contributed by atoms with E-state index in [2.05, 4.69) is 41.5 Å². The van der Waals surface area contributed by atoms with Gasteiger partial charge >= 0.3 is 17.9 Å². The summed E-state index contributed by atoms with van der Waals surface area (Å²) in [6.45, 7) is 13.7. The normalized spacial score (nSPS) is 12.7. The molecule has 55 heavy (non-hydrogen) atoms. The van der Waals surface area contributed by atoms with Crippen molar-refractivity contribution in [1.82, 2.24) is 0 Å². The zero-order valence-electron chi connectivity index (χ0n) is 37.7. The van der Waals surface area contributed by atoms with Gasteiger partial charge in [-0.2, -0.15) is 0 Å². The lowest BCUT2D eigenvalue weighted by molar-refractivity contribution is -0.167. The summed E-state index contributed by atoms with van der Waals surface area (Å²) in [7, 11) is 0. The van der Waals surface area contributed by atoms with E-state index in [1.807, 2.05) is 0 Å². The molecule has 0 rings (SSSR count). The van der Waals surface area contributed by atoms with E-state index >= 15 is 0 Å². The third kappa shape index (κ3) is 41.9. The van der Waals surface area contributed by atoms with E-state index in [0.717, 1.165) is 75.5 Å². The van der Waals surface area contributed by atoms with E-state index < -0.39 is 6.10 Å². The zero-order valence-corrected chi connectivity index (χ0v) is 37.7. The van der Waals surface area contributed by atoms with E-state index in [1.54, 1.807) is 0 Å². The number of esters is 3. The molecule has 0 bridgehead atoms. The van der Waals surface area contributed by atoms with Gasteiger partial charge in [0.1, 0.15) is 13.2 Å². The van der Waals surface area contributed by atoms with E-state index in [4.69, 9.17) is 14.2 Å². The summed E-state index contributed by atoms with van der Waals surface area (Å²) in [5, 5.41) is 0. The monoisotopic (exact) mass is 779 g/mol. The molecule has 6 heteroatoms. The number of unbranched alkanes of at least 4 members (excludes halogenated alkanes) is 24. The predicted octanol–water partition coefficient (Wildman–Crippen LogP) is 15.2. The maximum atomic E-state index is 12.7. The molecule has 0 aliphatic heterocycles. The van der Waals surface area contributed by atoms with Crippen LogP contribution in [0.4, 0.5) is 0 Å². The number of hydrogen-bond acceptors (Lipinski definition) is 6. The molecular weight excluding hydrogens is 685 g/mol. The minimum Gasteiger partial charge on any atom is -0.462 e. The van der Waals surface area contributed by atoms with Crippen LogP contribution in [0, 0.1) is 17.8 Å². The van der Waals surface area contributed by atoms with Gasteiger partial charge in [0.25, 0.3) is 0 Å². The molecule has 0 saturated carbocycles. The highest BCUT2D eigenvalue weighted by Gasteiger charge is 2.19. The number of rotatable bonds is 42. The Hall–Kier alpha value is -1.59. The number of carbonyl (C=O) groups is 3. The van der Waals surface area contributed by atoms with Gasteiger partial charge in [-0.25, -0.2) is 0 Å². The summed E-state index contributed by atoms with van der Waals surface area (Å²) < 4.78 is 16.8. The Labute approximate surface area is 342 Å². The second-order valence-corrected chi connectivity index (χ2v) is 17.9. The molecule has 0 aromatic rings. The van der Waals surface area contributed by atoms with Crippen LogP contribution in [0.15, 0.2) is 0 Å². The third-order valence-electron chi connectivity index (χ3n) is 11.3. The second kappa shape index (κ2) is 40.6. The fourth-order valence-electron chi connectivity index (χ4n) is 7.20. The van der Waals surface area contributed by atoms with Crippen molar-refractivity contribution in [2.45, 2.75) is 266 Å². The predicted molar refractivity (Wildman–Crippen MR) is 233 cm³/mol. The standard InChI is InChI=1S/C49H94O6/c1-7-45(6)37-31-25-19-14-16-22-28-34-40-49(52)55-46(42-54-48(51)39-33-27-21-15-13-18-24-30-36-44(4)5)41-53-47(50)38-32-26-20-12-10-8-9-11-17-23-29-35-43(2)3/h43-46H,7-42H2,1-6H3/t45?,46-/m1/s1. The summed E-state index contributed by atoms with van der Waals surface area (Å²) in [6, 6.07) is 0. The van der Waals surface area contributed by atoms with Gasteiger partial charge in [-0.1, -0.05) is 221 Å². The Kier molecular flexibility index (Phi) is 39.4. The molecule has 0 saturated heterocycles. The van der Waals surface area contributed by atoms with Gasteiger partial charge in [-0.15, -0.1) is 0 Å². The average molecular weight is 779 g/mol. The van der Waals surface area contributed by atoms with Crippen LogP contribution in [0.25, 0.3) is 0 Å². The Morgan fingerprint density at radius 1 is 0.364 bits per heavy atom. The van der Waals surface area contributed by atoms with E-state index in [-0.39, 0.29) is 31.1 Å². The van der Waals surface area contributed by atoms with Crippen molar-refractivity contribution >= 4 is 17.9 Å². The van der Waals surface area contributed by atoms with E-state index in [0.29, 0.717) is 19.3 Å². The van der Waals surface area contributed by atoms with Gasteiger partial charge in [-0.05, 0) is 37.0 Å². The quantitative estimate of drug-likeness (QED) is 0.0349. The topological polar surface area (TPSA) is 78.9 Å². The molecule has 6 nitrogen and oxygen atoms in total. The molecule has 0 heterocycles. The zero-order chi connectivity index (χ0) is 40.6. The first-order chi connectivity index (χ1) is 26.6. The first-order valence-electron chi connectivity index (χ1n) is 24.1. The van der Waals surface area contributed by atoms with Crippen LogP contribution in [0.2, 0.25) is 0 Å². The highest BCUT2D eigenvalue weighted by atomic mass is 16.6. The van der Waals surface area contributed by atoms with Gasteiger partial charge in [0.05, 0.1) is 0 Å². The summed E-state index contributed by atoms with van der Waals surface area (Å²) in [4.78, 5) is 37.8. The average Bonchev–Trinajstić information content (AvgIpc) is 3.15. The fraction of sp³-hybridized carbons (Fsp3) is 0.939.